The van der Waals surface area contributed by atoms with Crippen LogP contribution in [0.15, 0.2) is 10.4 Å². The van der Waals surface area contributed by atoms with E-state index in [0.717, 1.165) is 42.7 Å². The maximum Gasteiger partial charge on any atom is 0.191 e. The lowest BCUT2D eigenvalue weighted by atomic mass is 9.99. The van der Waals surface area contributed by atoms with Crippen LogP contribution in [0.2, 0.25) is 0 Å². The lowest BCUT2D eigenvalue weighted by Crippen LogP contribution is -2.49. The van der Waals surface area contributed by atoms with Crippen molar-refractivity contribution in [2.24, 2.45) is 4.99 Å². The minimum Gasteiger partial charge on any atom is -0.357 e. The van der Waals surface area contributed by atoms with Crippen molar-refractivity contribution in [1.29, 1.82) is 0 Å². The number of aryl methyl sites for hydroxylation is 1. The minimum atomic E-state index is 0.120. The molecule has 1 aromatic heterocycles. The third-order valence-electron chi connectivity index (χ3n) is 4.52. The van der Waals surface area contributed by atoms with E-state index in [1.165, 1.54) is 32.4 Å². The number of nitrogens with one attached hydrogen (secondary N) is 2. The average Bonchev–Trinajstić information content (AvgIpc) is 2.99. The molecule has 24 heavy (non-hydrogen) atoms. The summed E-state index contributed by atoms with van der Waals surface area (Å²) in [5, 5.41) is 10.1. The summed E-state index contributed by atoms with van der Waals surface area (Å²) in [5.41, 5.74) is 1.28. The van der Waals surface area contributed by atoms with Crippen molar-refractivity contribution in [3.63, 3.8) is 0 Å². The molecule has 0 bridgehead atoms. The van der Waals surface area contributed by atoms with Gasteiger partial charge in [-0.2, -0.15) is 0 Å². The predicted octanol–water partition coefficient (Wildman–Crippen LogP) is 2.81. The molecule has 1 fully saturated rings. The molecule has 6 heteroatoms. The van der Waals surface area contributed by atoms with E-state index in [2.05, 4.69) is 53.6 Å². The van der Waals surface area contributed by atoms with Crippen molar-refractivity contribution < 1.29 is 0 Å². The van der Waals surface area contributed by atoms with E-state index in [9.17, 15) is 0 Å². The smallest absolute Gasteiger partial charge is 0.191 e. The zero-order valence-corrected chi connectivity index (χ0v) is 16.5. The summed E-state index contributed by atoms with van der Waals surface area (Å²) in [6.07, 6.45) is 4.94. The Morgan fingerprint density at radius 1 is 1.29 bits per heavy atom. The number of hydrogen-bond acceptors (Lipinski definition) is 4. The second-order valence-electron chi connectivity index (χ2n) is 7.09. The van der Waals surface area contributed by atoms with E-state index in [1.54, 1.807) is 11.3 Å². The van der Waals surface area contributed by atoms with Gasteiger partial charge in [-0.15, -0.1) is 11.3 Å². The molecular formula is C18H33N5S. The fraction of sp³-hybridized carbons (Fsp3) is 0.778. The molecule has 0 aromatic carbocycles. The number of hydrogen-bond donors (Lipinski definition) is 2. The highest BCUT2D eigenvalue weighted by Gasteiger charge is 2.27. The summed E-state index contributed by atoms with van der Waals surface area (Å²) in [6.45, 7) is 13.7. The Labute approximate surface area is 151 Å². The van der Waals surface area contributed by atoms with Crippen LogP contribution in [0.4, 0.5) is 0 Å². The van der Waals surface area contributed by atoms with Crippen LogP contribution < -0.4 is 10.6 Å². The third-order valence-corrected chi connectivity index (χ3v) is 5.34. The van der Waals surface area contributed by atoms with E-state index in [1.807, 2.05) is 0 Å². The van der Waals surface area contributed by atoms with Crippen LogP contribution in [0.3, 0.4) is 0 Å². The first-order valence-electron chi connectivity index (χ1n) is 9.19. The zero-order chi connectivity index (χ0) is 17.4. The van der Waals surface area contributed by atoms with Crippen molar-refractivity contribution >= 4 is 17.3 Å². The van der Waals surface area contributed by atoms with Crippen LogP contribution in [0, 0.1) is 6.92 Å². The van der Waals surface area contributed by atoms with Gasteiger partial charge in [0.05, 0.1) is 17.2 Å². The van der Waals surface area contributed by atoms with E-state index < -0.39 is 0 Å². The number of likely N-dealkylation sites (tertiary alicyclic amines) is 1. The minimum absolute atomic E-state index is 0.120. The molecule has 0 unspecified atom stereocenters. The van der Waals surface area contributed by atoms with Crippen LogP contribution in [0.25, 0.3) is 0 Å². The molecule has 0 aliphatic carbocycles. The number of aliphatic imine (C=N–C) groups is 1. The highest BCUT2D eigenvalue weighted by Crippen LogP contribution is 2.20. The van der Waals surface area contributed by atoms with Gasteiger partial charge in [-0.1, -0.05) is 6.42 Å². The average molecular weight is 352 g/mol. The Hall–Kier alpha value is -1.14. The Morgan fingerprint density at radius 3 is 2.67 bits per heavy atom. The molecule has 0 spiro atoms. The lowest BCUT2D eigenvalue weighted by Gasteiger charge is -2.40. The highest BCUT2D eigenvalue weighted by atomic mass is 32.1. The van der Waals surface area contributed by atoms with Crippen LogP contribution in [0.1, 0.15) is 50.7 Å². The van der Waals surface area contributed by atoms with E-state index in [4.69, 9.17) is 4.99 Å². The SMILES string of the molecule is CCNC(=NCC(C)(C)N1CCCCC1)NCCc1csc(C)n1. The quantitative estimate of drug-likeness (QED) is 0.586. The fourth-order valence-corrected chi connectivity index (χ4v) is 3.69. The van der Waals surface area contributed by atoms with Crippen LogP contribution in [-0.2, 0) is 6.42 Å². The summed E-state index contributed by atoms with van der Waals surface area (Å²) in [5.74, 6) is 0.912. The highest BCUT2D eigenvalue weighted by molar-refractivity contribution is 7.09. The van der Waals surface area contributed by atoms with Gasteiger partial charge >= 0.3 is 0 Å². The number of aromatic nitrogens is 1. The van der Waals surface area contributed by atoms with Crippen molar-refractivity contribution in [1.82, 2.24) is 20.5 Å². The summed E-state index contributed by atoms with van der Waals surface area (Å²) in [7, 11) is 0. The molecule has 2 rings (SSSR count). The number of thiazole rings is 1. The molecule has 1 saturated heterocycles. The second-order valence-corrected chi connectivity index (χ2v) is 8.15. The molecule has 0 amide bonds. The van der Waals surface area contributed by atoms with Crippen molar-refractivity contribution in [3.05, 3.63) is 16.1 Å². The molecule has 2 N–H and O–H groups in total. The Balaban J connectivity index is 1.84. The van der Waals surface area contributed by atoms with Crippen LogP contribution >= 0.6 is 11.3 Å². The van der Waals surface area contributed by atoms with Crippen LogP contribution in [-0.4, -0.2) is 54.1 Å². The van der Waals surface area contributed by atoms with Crippen LogP contribution in [0.5, 0.6) is 0 Å². The lowest BCUT2D eigenvalue weighted by molar-refractivity contribution is 0.102. The number of piperidine rings is 1. The molecule has 136 valence electrons. The Morgan fingerprint density at radius 2 is 2.04 bits per heavy atom. The summed E-state index contributed by atoms with van der Waals surface area (Å²) >= 11 is 1.71. The number of nitrogens with zero attached hydrogens (tertiary/aromatic N) is 3. The topological polar surface area (TPSA) is 52.6 Å². The maximum absolute atomic E-state index is 4.83. The van der Waals surface area contributed by atoms with Gasteiger partial charge in [0.2, 0.25) is 0 Å². The largest absolute Gasteiger partial charge is 0.357 e. The van der Waals surface area contributed by atoms with Gasteiger partial charge < -0.3 is 10.6 Å². The monoisotopic (exact) mass is 351 g/mol. The molecular weight excluding hydrogens is 318 g/mol. The summed E-state index contributed by atoms with van der Waals surface area (Å²) in [6, 6.07) is 0. The van der Waals surface area contributed by atoms with Gasteiger partial charge in [0.15, 0.2) is 5.96 Å². The Bertz CT molecular complexity index is 517. The standard InChI is InChI=1S/C18H33N5S/c1-5-19-17(20-10-9-16-13-24-15(2)22-16)21-14-18(3,4)23-11-7-6-8-12-23/h13H,5-12,14H2,1-4H3,(H2,19,20,21). The first-order valence-corrected chi connectivity index (χ1v) is 10.1. The molecule has 1 aliphatic heterocycles. The molecule has 0 saturated carbocycles. The number of guanidine groups is 1. The molecule has 1 aromatic rings. The second kappa shape index (κ2) is 9.37. The van der Waals surface area contributed by atoms with Gasteiger partial charge in [-0.3, -0.25) is 9.89 Å². The van der Waals surface area contributed by atoms with Gasteiger partial charge in [0.1, 0.15) is 0 Å². The predicted molar refractivity (Wildman–Crippen MR) is 104 cm³/mol. The maximum atomic E-state index is 4.83. The normalized spacial score (nSPS) is 17.1. The van der Waals surface area contributed by atoms with Crippen molar-refractivity contribution in [2.45, 2.75) is 58.9 Å². The summed E-state index contributed by atoms with van der Waals surface area (Å²) in [4.78, 5) is 11.9. The Kier molecular flexibility index (Phi) is 7.49. The van der Waals surface area contributed by atoms with Crippen molar-refractivity contribution in [3.8, 4) is 0 Å². The van der Waals surface area contributed by atoms with Gasteiger partial charge in [0, 0.05) is 30.4 Å². The van der Waals surface area contributed by atoms with E-state index in [0.29, 0.717) is 0 Å². The van der Waals surface area contributed by atoms with Gasteiger partial charge in [-0.25, -0.2) is 4.98 Å². The van der Waals surface area contributed by atoms with E-state index >= 15 is 0 Å². The zero-order valence-electron chi connectivity index (χ0n) is 15.7. The fourth-order valence-electron chi connectivity index (χ4n) is 3.05. The van der Waals surface area contributed by atoms with Gasteiger partial charge in [-0.05, 0) is 53.6 Å². The first kappa shape index (κ1) is 19.2. The first-order chi connectivity index (χ1) is 11.5. The third kappa shape index (κ3) is 6.06. The molecule has 0 atom stereocenters. The van der Waals surface area contributed by atoms with Crippen molar-refractivity contribution in [2.75, 3.05) is 32.7 Å². The molecule has 2 heterocycles. The number of rotatable bonds is 7. The van der Waals surface area contributed by atoms with E-state index in [-0.39, 0.29) is 5.54 Å². The van der Waals surface area contributed by atoms with Gasteiger partial charge in [0.25, 0.3) is 0 Å². The molecule has 1 aliphatic rings. The molecule has 5 nitrogen and oxygen atoms in total. The molecule has 0 radical (unpaired) electrons. The summed E-state index contributed by atoms with van der Waals surface area (Å²) < 4.78 is 0.